The molecule has 10 heteroatoms. The van der Waals surface area contributed by atoms with Crippen LogP contribution < -0.4 is 0 Å². The van der Waals surface area contributed by atoms with Gasteiger partial charge in [0.05, 0.1) is 37.5 Å². The molecule has 2 aliphatic rings. The molecule has 0 bridgehead atoms. The summed E-state index contributed by atoms with van der Waals surface area (Å²) >= 11 is 0. The fraction of sp³-hybridized carbons (Fsp3) is 0.900. The highest BCUT2D eigenvalue weighted by molar-refractivity contribution is 5.68. The van der Waals surface area contributed by atoms with Crippen molar-refractivity contribution < 1.29 is 39.5 Å². The van der Waals surface area contributed by atoms with Crippen LogP contribution in [0.3, 0.4) is 0 Å². The zero-order valence-electron chi connectivity index (χ0n) is 18.9. The molecule has 30 heavy (non-hydrogen) atoms. The molecule has 4 atom stereocenters. The highest BCUT2D eigenvalue weighted by Gasteiger charge is 2.32. The second-order valence-corrected chi connectivity index (χ2v) is 9.70. The summed E-state index contributed by atoms with van der Waals surface area (Å²) in [5.41, 5.74) is -1.06. The Labute approximate surface area is 178 Å². The van der Waals surface area contributed by atoms with E-state index < -0.39 is 47.8 Å². The second kappa shape index (κ2) is 10.6. The number of hydrogen-bond acceptors (Lipinski definition) is 8. The Morgan fingerprint density at radius 1 is 0.667 bits per heavy atom. The van der Waals surface area contributed by atoms with E-state index in [-0.39, 0.29) is 13.1 Å². The number of rotatable bonds is 0. The molecule has 0 aliphatic carbocycles. The van der Waals surface area contributed by atoms with Crippen molar-refractivity contribution in [3.63, 3.8) is 0 Å². The van der Waals surface area contributed by atoms with Gasteiger partial charge in [-0.25, -0.2) is 9.59 Å². The van der Waals surface area contributed by atoms with Crippen molar-refractivity contribution >= 4 is 12.2 Å². The van der Waals surface area contributed by atoms with Crippen molar-refractivity contribution in [3.8, 4) is 0 Å². The van der Waals surface area contributed by atoms with Gasteiger partial charge in [-0.1, -0.05) is 0 Å². The van der Waals surface area contributed by atoms with Crippen LogP contribution in [0.4, 0.5) is 9.59 Å². The number of carbonyl (C=O) groups is 2. The molecular formula is C20H38N2O8. The number of aliphatic hydroxyl groups excluding tert-OH is 4. The van der Waals surface area contributed by atoms with E-state index in [1.807, 2.05) is 0 Å². The Hall–Kier alpha value is -1.62. The predicted molar refractivity (Wildman–Crippen MR) is 109 cm³/mol. The zero-order chi connectivity index (χ0) is 23.3. The first-order chi connectivity index (χ1) is 13.6. The number of amides is 2. The number of carbonyl (C=O) groups excluding carboxylic acids is 2. The Bertz CT molecular complexity index is 522. The summed E-state index contributed by atoms with van der Waals surface area (Å²) in [6, 6.07) is 0. The molecule has 0 radical (unpaired) electrons. The summed E-state index contributed by atoms with van der Waals surface area (Å²) in [5, 5.41) is 37.4. The monoisotopic (exact) mass is 434 g/mol. The molecule has 0 aromatic carbocycles. The van der Waals surface area contributed by atoms with E-state index in [1.165, 1.54) is 9.80 Å². The lowest BCUT2D eigenvalue weighted by atomic mass is 10.1. The third kappa shape index (κ3) is 9.46. The molecule has 10 nitrogen and oxygen atoms in total. The smallest absolute Gasteiger partial charge is 0.410 e. The average molecular weight is 435 g/mol. The topological polar surface area (TPSA) is 140 Å². The van der Waals surface area contributed by atoms with E-state index in [2.05, 4.69) is 0 Å². The van der Waals surface area contributed by atoms with Gasteiger partial charge in [-0.2, -0.15) is 0 Å². The number of nitrogens with zero attached hydrogens (tertiary/aromatic N) is 2. The predicted octanol–water partition coefficient (Wildman–Crippen LogP) is 0.698. The highest BCUT2D eigenvalue weighted by atomic mass is 16.6. The van der Waals surface area contributed by atoms with E-state index in [0.717, 1.165) is 0 Å². The largest absolute Gasteiger partial charge is 0.444 e. The van der Waals surface area contributed by atoms with Crippen molar-refractivity contribution in [1.82, 2.24) is 9.80 Å². The van der Waals surface area contributed by atoms with Crippen molar-refractivity contribution in [2.45, 2.75) is 90.0 Å². The van der Waals surface area contributed by atoms with Crippen LogP contribution in [-0.4, -0.2) is 104 Å². The summed E-state index contributed by atoms with van der Waals surface area (Å²) in [7, 11) is 0. The lowest BCUT2D eigenvalue weighted by Gasteiger charge is -2.34. The van der Waals surface area contributed by atoms with Gasteiger partial charge in [0.2, 0.25) is 0 Å². The number of β-amino-alcohol motifs (C(OH)–C–C–N with tert-alkyl or cyclic N) is 2. The van der Waals surface area contributed by atoms with Gasteiger partial charge in [0, 0.05) is 13.1 Å². The van der Waals surface area contributed by atoms with Crippen LogP contribution in [0.25, 0.3) is 0 Å². The molecule has 2 fully saturated rings. The van der Waals surface area contributed by atoms with Gasteiger partial charge >= 0.3 is 12.2 Å². The quantitative estimate of drug-likeness (QED) is 0.437. The van der Waals surface area contributed by atoms with E-state index in [1.54, 1.807) is 41.5 Å². The molecule has 4 N–H and O–H groups in total. The molecular weight excluding hydrogens is 396 g/mol. The van der Waals surface area contributed by atoms with Crippen LogP contribution >= 0.6 is 0 Å². The fourth-order valence-electron chi connectivity index (χ4n) is 2.82. The first kappa shape index (κ1) is 26.4. The minimum atomic E-state index is -0.869. The van der Waals surface area contributed by atoms with Gasteiger partial charge in [-0.15, -0.1) is 0 Å². The lowest BCUT2D eigenvalue weighted by Crippen LogP contribution is -2.50. The van der Waals surface area contributed by atoms with Crippen molar-refractivity contribution in [2.24, 2.45) is 0 Å². The van der Waals surface area contributed by atoms with Gasteiger partial charge in [-0.3, -0.25) is 0 Å². The van der Waals surface area contributed by atoms with Gasteiger partial charge in [0.1, 0.15) is 11.2 Å². The number of ether oxygens (including phenoxy) is 2. The Morgan fingerprint density at radius 3 is 1.20 bits per heavy atom. The number of likely N-dealkylation sites (tertiary alicyclic amines) is 2. The van der Waals surface area contributed by atoms with Crippen LogP contribution in [-0.2, 0) is 9.47 Å². The van der Waals surface area contributed by atoms with Crippen molar-refractivity contribution in [2.75, 3.05) is 26.2 Å². The van der Waals surface area contributed by atoms with Crippen LogP contribution in [0, 0.1) is 0 Å². The molecule has 2 aliphatic heterocycles. The third-order valence-electron chi connectivity index (χ3n) is 4.40. The standard InChI is InChI=1S/2C10H19NO4/c2*1-10(2,3)15-9(14)11-5-4-7(12)8(13)6-11/h2*7-8,12-13H,4-6H2,1-3H3/t2*7-,8+/m10/s1. The second-order valence-electron chi connectivity index (χ2n) is 9.70. The first-order valence-corrected chi connectivity index (χ1v) is 10.3. The van der Waals surface area contributed by atoms with E-state index >= 15 is 0 Å². The van der Waals surface area contributed by atoms with E-state index in [4.69, 9.17) is 9.47 Å². The minimum Gasteiger partial charge on any atom is -0.444 e. The van der Waals surface area contributed by atoms with Crippen LogP contribution in [0.5, 0.6) is 0 Å². The van der Waals surface area contributed by atoms with Gasteiger partial charge in [0.15, 0.2) is 0 Å². The maximum Gasteiger partial charge on any atom is 0.410 e. The minimum absolute atomic E-state index is 0.135. The summed E-state index contributed by atoms with van der Waals surface area (Å²) in [6.07, 6.45) is -3.30. The molecule has 2 saturated heterocycles. The normalized spacial score (nSPS) is 27.7. The van der Waals surface area contributed by atoms with E-state index in [0.29, 0.717) is 25.9 Å². The van der Waals surface area contributed by atoms with Gasteiger partial charge in [-0.05, 0) is 54.4 Å². The summed E-state index contributed by atoms with van der Waals surface area (Å²) in [4.78, 5) is 26.0. The molecule has 0 aromatic heterocycles. The first-order valence-electron chi connectivity index (χ1n) is 10.3. The maximum atomic E-state index is 11.6. The molecule has 2 amide bonds. The van der Waals surface area contributed by atoms with Gasteiger partial charge < -0.3 is 39.7 Å². The molecule has 0 spiro atoms. The molecule has 2 heterocycles. The Balaban J connectivity index is 0.000000300. The lowest BCUT2D eigenvalue weighted by molar-refractivity contribution is -0.0470. The SMILES string of the molecule is CC(C)(C)OC(=O)N1CC[C@@H](O)[C@@H](O)C1.CC(C)(C)OC(=O)N1CC[C@H](O)[C@H](O)C1. The molecule has 176 valence electrons. The number of aliphatic hydroxyl groups is 4. The summed E-state index contributed by atoms with van der Waals surface area (Å²) in [6.45, 7) is 11.9. The molecule has 2 rings (SSSR count). The summed E-state index contributed by atoms with van der Waals surface area (Å²) < 4.78 is 10.3. The molecule has 0 unspecified atom stereocenters. The van der Waals surface area contributed by atoms with Crippen LogP contribution in [0.1, 0.15) is 54.4 Å². The number of piperidine rings is 2. The Morgan fingerprint density at radius 2 is 0.967 bits per heavy atom. The van der Waals surface area contributed by atoms with E-state index in [9.17, 15) is 30.0 Å². The van der Waals surface area contributed by atoms with Crippen LogP contribution in [0.2, 0.25) is 0 Å². The highest BCUT2D eigenvalue weighted by Crippen LogP contribution is 2.16. The number of hydrogen-bond donors (Lipinski definition) is 4. The Kier molecular flexibility index (Phi) is 9.34. The zero-order valence-corrected chi connectivity index (χ0v) is 18.9. The maximum absolute atomic E-state index is 11.6. The average Bonchev–Trinajstić information content (AvgIpc) is 2.57. The summed E-state index contributed by atoms with van der Waals surface area (Å²) in [5.74, 6) is 0. The van der Waals surface area contributed by atoms with Crippen molar-refractivity contribution in [3.05, 3.63) is 0 Å². The van der Waals surface area contributed by atoms with Gasteiger partial charge in [0.25, 0.3) is 0 Å². The third-order valence-corrected chi connectivity index (χ3v) is 4.40. The molecule has 0 aromatic rings. The van der Waals surface area contributed by atoms with Crippen LogP contribution in [0.15, 0.2) is 0 Å². The van der Waals surface area contributed by atoms with Crippen molar-refractivity contribution in [1.29, 1.82) is 0 Å². The fourth-order valence-corrected chi connectivity index (χ4v) is 2.82. The molecule has 0 saturated carbocycles.